The first-order chi connectivity index (χ1) is 8.39. The van der Waals surface area contributed by atoms with E-state index in [1.807, 2.05) is 6.92 Å². The molecular weight excluding hydrogens is 224 g/mol. The summed E-state index contributed by atoms with van der Waals surface area (Å²) in [6.45, 7) is 8.55. The van der Waals surface area contributed by atoms with Crippen LogP contribution in [0.1, 0.15) is 59.8 Å². The van der Waals surface area contributed by atoms with Gasteiger partial charge in [0, 0.05) is 6.04 Å². The maximum absolute atomic E-state index is 12.1. The van der Waals surface area contributed by atoms with E-state index >= 15 is 0 Å². The number of hydrogen-bond acceptors (Lipinski definition) is 2. The summed E-state index contributed by atoms with van der Waals surface area (Å²) in [4.78, 5) is 12.1. The fraction of sp³-hybridized carbons (Fsp3) is 0.867. The molecule has 0 aromatic rings. The highest BCUT2D eigenvalue weighted by Crippen LogP contribution is 2.45. The minimum atomic E-state index is -0.730. The summed E-state index contributed by atoms with van der Waals surface area (Å²) in [5.41, 5.74) is -0.730. The first kappa shape index (κ1) is 15.0. The molecule has 3 heteroatoms. The van der Waals surface area contributed by atoms with E-state index in [-0.39, 0.29) is 11.9 Å². The smallest absolute Gasteiger partial charge is 0.240 e. The monoisotopic (exact) mass is 250 g/mol. The normalized spacial score (nSPS) is 28.3. The summed E-state index contributed by atoms with van der Waals surface area (Å²) >= 11 is 0. The SMILES string of the molecule is CC(C)CCCC(C)NC(=O)C1(C#N)CC(C)C1. The second-order valence-electron chi connectivity index (χ2n) is 6.41. The Kier molecular flexibility index (Phi) is 5.19. The maximum Gasteiger partial charge on any atom is 0.240 e. The van der Waals surface area contributed by atoms with E-state index in [9.17, 15) is 10.1 Å². The fourth-order valence-electron chi connectivity index (χ4n) is 2.72. The predicted molar refractivity (Wildman–Crippen MR) is 72.7 cm³/mol. The Hall–Kier alpha value is -1.04. The summed E-state index contributed by atoms with van der Waals surface area (Å²) in [5, 5.41) is 12.2. The minimum absolute atomic E-state index is 0.0554. The van der Waals surface area contributed by atoms with Crippen LogP contribution in [-0.2, 0) is 4.79 Å². The van der Waals surface area contributed by atoms with Gasteiger partial charge in [0.15, 0.2) is 0 Å². The molecule has 1 amide bonds. The minimum Gasteiger partial charge on any atom is -0.352 e. The zero-order chi connectivity index (χ0) is 13.8. The topological polar surface area (TPSA) is 52.9 Å². The molecule has 0 aliphatic heterocycles. The predicted octanol–water partition coefficient (Wildman–Crippen LogP) is 3.26. The lowest BCUT2D eigenvalue weighted by atomic mass is 9.63. The molecule has 18 heavy (non-hydrogen) atoms. The van der Waals surface area contributed by atoms with Gasteiger partial charge in [0.25, 0.3) is 0 Å². The quantitative estimate of drug-likeness (QED) is 0.786. The van der Waals surface area contributed by atoms with Crippen LogP contribution < -0.4 is 5.32 Å². The van der Waals surface area contributed by atoms with Crippen molar-refractivity contribution in [2.45, 2.75) is 65.8 Å². The molecular formula is C15H26N2O. The number of nitrogens with zero attached hydrogens (tertiary/aromatic N) is 1. The van der Waals surface area contributed by atoms with Crippen molar-refractivity contribution in [3.63, 3.8) is 0 Å². The first-order valence-corrected chi connectivity index (χ1v) is 7.12. The number of amides is 1. The van der Waals surface area contributed by atoms with Crippen LogP contribution in [0.15, 0.2) is 0 Å². The van der Waals surface area contributed by atoms with Crippen LogP contribution in [0, 0.1) is 28.6 Å². The third-order valence-electron chi connectivity index (χ3n) is 3.84. The van der Waals surface area contributed by atoms with Gasteiger partial charge >= 0.3 is 0 Å². The van der Waals surface area contributed by atoms with Crippen molar-refractivity contribution in [1.29, 1.82) is 5.26 Å². The van der Waals surface area contributed by atoms with Gasteiger partial charge in [-0.2, -0.15) is 5.26 Å². The zero-order valence-electron chi connectivity index (χ0n) is 12.1. The average molecular weight is 250 g/mol. The van der Waals surface area contributed by atoms with Crippen LogP contribution in [0.2, 0.25) is 0 Å². The highest BCUT2D eigenvalue weighted by atomic mass is 16.2. The zero-order valence-corrected chi connectivity index (χ0v) is 12.1. The lowest BCUT2D eigenvalue weighted by Gasteiger charge is -2.39. The van der Waals surface area contributed by atoms with E-state index < -0.39 is 5.41 Å². The van der Waals surface area contributed by atoms with E-state index in [0.29, 0.717) is 24.7 Å². The van der Waals surface area contributed by atoms with Crippen molar-refractivity contribution >= 4 is 5.91 Å². The molecule has 1 rings (SSSR count). The van der Waals surface area contributed by atoms with Gasteiger partial charge in [-0.1, -0.05) is 33.6 Å². The highest BCUT2D eigenvalue weighted by molar-refractivity contribution is 5.86. The molecule has 1 unspecified atom stereocenters. The number of carbonyl (C=O) groups excluding carboxylic acids is 1. The molecule has 0 radical (unpaired) electrons. The Morgan fingerprint density at radius 1 is 1.39 bits per heavy atom. The van der Waals surface area contributed by atoms with E-state index in [1.54, 1.807) is 0 Å². The Balaban J connectivity index is 2.33. The van der Waals surface area contributed by atoms with Gasteiger partial charge in [0.1, 0.15) is 5.41 Å². The molecule has 102 valence electrons. The van der Waals surface area contributed by atoms with Crippen molar-refractivity contribution in [2.75, 3.05) is 0 Å². The molecule has 0 aromatic heterocycles. The van der Waals surface area contributed by atoms with Gasteiger partial charge in [-0.15, -0.1) is 0 Å². The Bertz CT molecular complexity index is 324. The molecule has 0 bridgehead atoms. The van der Waals surface area contributed by atoms with Gasteiger partial charge in [0.2, 0.25) is 5.91 Å². The second kappa shape index (κ2) is 6.22. The average Bonchev–Trinajstić information content (AvgIpc) is 2.23. The molecule has 1 N–H and O–H groups in total. The van der Waals surface area contributed by atoms with Gasteiger partial charge in [-0.3, -0.25) is 4.79 Å². The van der Waals surface area contributed by atoms with Gasteiger partial charge in [0.05, 0.1) is 6.07 Å². The molecule has 0 spiro atoms. The van der Waals surface area contributed by atoms with Gasteiger partial charge in [-0.05, 0) is 38.0 Å². The number of nitriles is 1. The van der Waals surface area contributed by atoms with Gasteiger partial charge < -0.3 is 5.32 Å². The van der Waals surface area contributed by atoms with Gasteiger partial charge in [-0.25, -0.2) is 0 Å². The number of hydrogen-bond donors (Lipinski definition) is 1. The summed E-state index contributed by atoms with van der Waals surface area (Å²) in [5.74, 6) is 1.16. The third kappa shape index (κ3) is 3.73. The van der Waals surface area contributed by atoms with E-state index in [0.717, 1.165) is 12.8 Å². The lowest BCUT2D eigenvalue weighted by molar-refractivity contribution is -0.134. The third-order valence-corrected chi connectivity index (χ3v) is 3.84. The number of nitrogens with one attached hydrogen (secondary N) is 1. The maximum atomic E-state index is 12.1. The van der Waals surface area contributed by atoms with Crippen molar-refractivity contribution < 1.29 is 4.79 Å². The fourth-order valence-corrected chi connectivity index (χ4v) is 2.72. The van der Waals surface area contributed by atoms with Crippen molar-refractivity contribution in [1.82, 2.24) is 5.32 Å². The van der Waals surface area contributed by atoms with E-state index in [2.05, 4.69) is 32.2 Å². The molecule has 0 heterocycles. The second-order valence-corrected chi connectivity index (χ2v) is 6.41. The largest absolute Gasteiger partial charge is 0.352 e. The molecule has 0 aromatic carbocycles. The Morgan fingerprint density at radius 3 is 2.44 bits per heavy atom. The van der Waals surface area contributed by atoms with Crippen LogP contribution in [0.25, 0.3) is 0 Å². The summed E-state index contributed by atoms with van der Waals surface area (Å²) < 4.78 is 0. The molecule has 0 saturated heterocycles. The molecule has 3 nitrogen and oxygen atoms in total. The molecule has 1 saturated carbocycles. The van der Waals surface area contributed by atoms with Crippen LogP contribution >= 0.6 is 0 Å². The summed E-state index contributed by atoms with van der Waals surface area (Å²) in [7, 11) is 0. The van der Waals surface area contributed by atoms with Crippen molar-refractivity contribution in [3.8, 4) is 6.07 Å². The summed E-state index contributed by atoms with van der Waals surface area (Å²) in [6, 6.07) is 2.39. The van der Waals surface area contributed by atoms with E-state index in [4.69, 9.17) is 0 Å². The van der Waals surface area contributed by atoms with Crippen LogP contribution in [0.4, 0.5) is 0 Å². The molecule has 1 atom stereocenters. The standard InChI is InChI=1S/C15H26N2O/c1-11(2)6-5-7-13(4)17-14(18)15(10-16)8-12(3)9-15/h11-13H,5-9H2,1-4H3,(H,17,18). The highest BCUT2D eigenvalue weighted by Gasteiger charge is 2.49. The van der Waals surface area contributed by atoms with Crippen molar-refractivity contribution in [3.05, 3.63) is 0 Å². The van der Waals surface area contributed by atoms with Crippen LogP contribution in [-0.4, -0.2) is 11.9 Å². The van der Waals surface area contributed by atoms with Crippen LogP contribution in [0.5, 0.6) is 0 Å². The van der Waals surface area contributed by atoms with E-state index in [1.165, 1.54) is 6.42 Å². The van der Waals surface area contributed by atoms with Crippen molar-refractivity contribution in [2.24, 2.45) is 17.3 Å². The molecule has 1 aliphatic rings. The molecule has 1 fully saturated rings. The molecule has 1 aliphatic carbocycles. The Morgan fingerprint density at radius 2 is 2.00 bits per heavy atom. The summed E-state index contributed by atoms with van der Waals surface area (Å²) in [6.07, 6.45) is 4.76. The Labute approximate surface area is 111 Å². The van der Waals surface area contributed by atoms with Crippen LogP contribution in [0.3, 0.4) is 0 Å². The lowest BCUT2D eigenvalue weighted by Crippen LogP contribution is -2.50. The number of rotatable bonds is 6. The first-order valence-electron chi connectivity index (χ1n) is 7.12. The number of carbonyl (C=O) groups is 1.